The first kappa shape index (κ1) is 68.0. The van der Waals surface area contributed by atoms with Crippen molar-refractivity contribution in [3.63, 3.8) is 0 Å². The zero-order valence-corrected chi connectivity index (χ0v) is 41.8. The van der Waals surface area contributed by atoms with Gasteiger partial charge in [-0.25, -0.2) is 0 Å². The van der Waals surface area contributed by atoms with Gasteiger partial charge in [-0.05, 0) is 66.2 Å². The number of carbonyl (C=O) groups is 4. The van der Waals surface area contributed by atoms with Crippen molar-refractivity contribution in [1.29, 1.82) is 0 Å². The zero-order chi connectivity index (χ0) is 50.2. The molecule has 0 aromatic rings. The van der Waals surface area contributed by atoms with E-state index in [0.717, 1.165) is 12.8 Å². The molecule has 8 unspecified atom stereocenters. The van der Waals surface area contributed by atoms with Crippen LogP contribution in [0.15, 0.2) is 0 Å². The molecule has 0 saturated heterocycles. The molecule has 4 amide bonds. The monoisotopic (exact) mass is 929 g/mol. The third-order valence-corrected chi connectivity index (χ3v) is 8.91. The molecule has 0 radical (unpaired) electrons. The van der Waals surface area contributed by atoms with E-state index in [1.54, 1.807) is 32.6 Å². The molecule has 0 saturated carbocycles. The standard InChI is InChI=1S/C13H28N2O3.2C11H24N2O3.C9H20N2O3/c1-4-7-13(18)14-10-15(8-11(16)5-2)9-12(17)6-3;1-4-5-11(16)12-8-13(6-9(2)14)7-10(3)15;1-4-10(15)6-13(7-11(16)5-2)8-12-9(3)14;1-7(12)4-11(5-8(2)13)6-10-9(3)14/h11-12,16-17H,4-10H2,1-3H3,(H,14,18);9-10,14-15H,4-8H2,1-3H3,(H,12,16);10-11,15-16H,4-8H2,1-3H3,(H,12,14);7-8,12-13H,4-6H2,1-3H3,(H,10,14). The van der Waals surface area contributed by atoms with Crippen molar-refractivity contribution in [2.75, 3.05) is 79.0 Å². The minimum Gasteiger partial charge on any atom is -0.392 e. The van der Waals surface area contributed by atoms with Crippen molar-refractivity contribution in [3.05, 3.63) is 0 Å². The Hall–Kier alpha value is -2.60. The van der Waals surface area contributed by atoms with Crippen LogP contribution in [0.2, 0.25) is 0 Å². The maximum absolute atomic E-state index is 11.4. The van der Waals surface area contributed by atoms with Crippen molar-refractivity contribution in [1.82, 2.24) is 40.9 Å². The number of nitrogens with zero attached hydrogens (tertiary/aromatic N) is 4. The summed E-state index contributed by atoms with van der Waals surface area (Å²) >= 11 is 0. The van der Waals surface area contributed by atoms with E-state index < -0.39 is 48.8 Å². The minimum absolute atomic E-state index is 0.00341. The van der Waals surface area contributed by atoms with Crippen molar-refractivity contribution < 1.29 is 60.0 Å². The molecule has 0 fully saturated rings. The van der Waals surface area contributed by atoms with E-state index in [1.165, 1.54) is 13.8 Å². The van der Waals surface area contributed by atoms with Crippen LogP contribution in [0.25, 0.3) is 0 Å². The van der Waals surface area contributed by atoms with Gasteiger partial charge in [0.25, 0.3) is 0 Å². The quantitative estimate of drug-likeness (QED) is 0.0386. The van der Waals surface area contributed by atoms with E-state index >= 15 is 0 Å². The summed E-state index contributed by atoms with van der Waals surface area (Å²) in [5.74, 6) is -0.212. The van der Waals surface area contributed by atoms with Gasteiger partial charge in [-0.1, -0.05) is 41.5 Å². The summed E-state index contributed by atoms with van der Waals surface area (Å²) in [5, 5.41) is 86.1. The second-order valence-corrected chi connectivity index (χ2v) is 16.6. The smallest absolute Gasteiger partial charge is 0.220 e. The lowest BCUT2D eigenvalue weighted by Crippen LogP contribution is -2.44. The Morgan fingerprint density at radius 1 is 0.375 bits per heavy atom. The van der Waals surface area contributed by atoms with Gasteiger partial charge in [0.2, 0.25) is 23.6 Å². The van der Waals surface area contributed by atoms with E-state index in [2.05, 4.69) is 21.3 Å². The van der Waals surface area contributed by atoms with Crippen molar-refractivity contribution >= 4 is 23.6 Å². The van der Waals surface area contributed by atoms with Crippen molar-refractivity contribution in [2.24, 2.45) is 0 Å². The number of hydrogen-bond acceptors (Lipinski definition) is 16. The van der Waals surface area contributed by atoms with E-state index in [0.29, 0.717) is 118 Å². The first-order valence-electron chi connectivity index (χ1n) is 23.2. The average molecular weight is 929 g/mol. The Labute approximate surface area is 386 Å². The third kappa shape index (κ3) is 50.4. The molecule has 8 atom stereocenters. The predicted molar refractivity (Wildman–Crippen MR) is 251 cm³/mol. The molecular formula is C44H96N8O12. The number of aliphatic hydroxyl groups is 8. The van der Waals surface area contributed by atoms with Gasteiger partial charge in [-0.15, -0.1) is 0 Å². The summed E-state index contributed by atoms with van der Waals surface area (Å²) in [7, 11) is 0. The maximum Gasteiger partial charge on any atom is 0.220 e. The first-order valence-corrected chi connectivity index (χ1v) is 23.2. The lowest BCUT2D eigenvalue weighted by Gasteiger charge is -2.26. The number of hydrogen-bond donors (Lipinski definition) is 12. The van der Waals surface area contributed by atoms with Crippen LogP contribution in [0.3, 0.4) is 0 Å². The SMILES string of the molecule is CC(=O)NCN(CC(C)O)CC(C)O.CCC(O)CN(CNC(C)=O)CC(O)CC.CCCC(=O)NCN(CC(C)O)CC(C)O.CCCC(=O)NCN(CC(O)CC)CC(O)CC. The molecule has 20 nitrogen and oxygen atoms in total. The lowest BCUT2D eigenvalue weighted by atomic mass is 10.2. The molecule has 0 aliphatic rings. The molecule has 12 N–H and O–H groups in total. The molecule has 0 aromatic heterocycles. The second kappa shape index (κ2) is 44.2. The highest BCUT2D eigenvalue weighted by Gasteiger charge is 2.16. The molecule has 0 aliphatic heterocycles. The van der Waals surface area contributed by atoms with Crippen molar-refractivity contribution in [3.8, 4) is 0 Å². The van der Waals surface area contributed by atoms with Crippen LogP contribution < -0.4 is 21.3 Å². The predicted octanol–water partition coefficient (Wildman–Crippen LogP) is -0.305. The normalized spacial score (nSPS) is 14.9. The van der Waals surface area contributed by atoms with Crippen LogP contribution in [-0.2, 0) is 19.2 Å². The van der Waals surface area contributed by atoms with Gasteiger partial charge in [0, 0.05) is 79.0 Å². The van der Waals surface area contributed by atoms with E-state index in [9.17, 15) is 49.8 Å². The van der Waals surface area contributed by atoms with Gasteiger partial charge in [0.1, 0.15) is 0 Å². The number of aliphatic hydroxyl groups excluding tert-OH is 8. The van der Waals surface area contributed by atoms with Crippen LogP contribution >= 0.6 is 0 Å². The topological polar surface area (TPSA) is 291 Å². The molecule has 0 aromatic carbocycles. The summed E-state index contributed by atoms with van der Waals surface area (Å²) in [6.07, 6.45) is 1.77. The fourth-order valence-electron chi connectivity index (χ4n) is 5.49. The molecule has 0 heterocycles. The molecule has 0 aliphatic carbocycles. The van der Waals surface area contributed by atoms with Crippen LogP contribution in [0, 0.1) is 0 Å². The number of carbonyl (C=O) groups excluding carboxylic acids is 4. The second-order valence-electron chi connectivity index (χ2n) is 16.6. The van der Waals surface area contributed by atoms with Gasteiger partial charge in [-0.2, -0.15) is 0 Å². The Kier molecular flexibility index (Phi) is 47.0. The van der Waals surface area contributed by atoms with Crippen LogP contribution in [0.4, 0.5) is 0 Å². The Bertz CT molecular complexity index is 1080. The van der Waals surface area contributed by atoms with Gasteiger partial charge in [0.15, 0.2) is 0 Å². The third-order valence-electron chi connectivity index (χ3n) is 8.91. The van der Waals surface area contributed by atoms with Gasteiger partial charge >= 0.3 is 0 Å². The van der Waals surface area contributed by atoms with Gasteiger partial charge in [0.05, 0.1) is 75.5 Å². The van der Waals surface area contributed by atoms with E-state index in [-0.39, 0.29) is 23.6 Å². The van der Waals surface area contributed by atoms with Gasteiger partial charge < -0.3 is 62.1 Å². The number of rotatable bonds is 32. The molecule has 0 bridgehead atoms. The van der Waals surface area contributed by atoms with E-state index in [1.807, 2.05) is 56.2 Å². The highest BCUT2D eigenvalue weighted by Crippen LogP contribution is 2.02. The number of amides is 4. The van der Waals surface area contributed by atoms with Crippen molar-refractivity contribution in [2.45, 2.75) is 183 Å². The molecule has 64 heavy (non-hydrogen) atoms. The summed E-state index contributed by atoms with van der Waals surface area (Å²) in [6, 6.07) is 0. The first-order chi connectivity index (χ1) is 29.9. The summed E-state index contributed by atoms with van der Waals surface area (Å²) in [6.45, 7) is 26.2. The van der Waals surface area contributed by atoms with Crippen LogP contribution in [0.5, 0.6) is 0 Å². The van der Waals surface area contributed by atoms with E-state index in [4.69, 9.17) is 10.2 Å². The van der Waals surface area contributed by atoms with Gasteiger partial charge in [-0.3, -0.25) is 38.8 Å². The average Bonchev–Trinajstić information content (AvgIpc) is 3.20. The highest BCUT2D eigenvalue weighted by atomic mass is 16.3. The summed E-state index contributed by atoms with van der Waals surface area (Å²) < 4.78 is 0. The maximum atomic E-state index is 11.4. The molecule has 20 heteroatoms. The Balaban J connectivity index is -0.000000376. The molecule has 0 spiro atoms. The number of nitrogens with one attached hydrogen (secondary N) is 4. The highest BCUT2D eigenvalue weighted by molar-refractivity contribution is 5.76. The molecule has 0 rings (SSSR count). The fourth-order valence-corrected chi connectivity index (χ4v) is 5.49. The Morgan fingerprint density at radius 3 is 0.750 bits per heavy atom. The minimum atomic E-state index is -0.471. The fraction of sp³-hybridized carbons (Fsp3) is 0.909. The summed E-state index contributed by atoms with van der Waals surface area (Å²) in [4.78, 5) is 51.5. The van der Waals surface area contributed by atoms with Crippen LogP contribution in [0.1, 0.15) is 134 Å². The summed E-state index contributed by atoms with van der Waals surface area (Å²) in [5.41, 5.74) is 0. The molecular weight excluding hydrogens is 833 g/mol. The van der Waals surface area contributed by atoms with Crippen LogP contribution in [-0.4, -0.2) is 212 Å². The molecule has 384 valence electrons. The largest absolute Gasteiger partial charge is 0.392 e. The zero-order valence-electron chi connectivity index (χ0n) is 41.8. The Morgan fingerprint density at radius 2 is 0.578 bits per heavy atom. The lowest BCUT2D eigenvalue weighted by molar-refractivity contribution is -0.122.